The summed E-state index contributed by atoms with van der Waals surface area (Å²) in [5, 5.41) is 12.4. The van der Waals surface area contributed by atoms with Crippen LogP contribution in [0.15, 0.2) is 24.3 Å². The first kappa shape index (κ1) is 12.8. The summed E-state index contributed by atoms with van der Waals surface area (Å²) < 4.78 is 10.9. The van der Waals surface area contributed by atoms with Gasteiger partial charge in [0.05, 0.1) is 6.61 Å². The van der Waals surface area contributed by atoms with Gasteiger partial charge in [-0.05, 0) is 26.1 Å². The number of para-hydroxylation sites is 2. The number of ether oxygens (including phenoxy) is 2. The first-order valence-corrected chi connectivity index (χ1v) is 5.45. The van der Waals surface area contributed by atoms with Crippen molar-refractivity contribution in [3.63, 3.8) is 0 Å². The number of rotatable bonds is 7. The van der Waals surface area contributed by atoms with Gasteiger partial charge >= 0.3 is 0 Å². The van der Waals surface area contributed by atoms with Gasteiger partial charge in [-0.25, -0.2) is 0 Å². The van der Waals surface area contributed by atoms with Crippen LogP contribution in [0, 0.1) is 0 Å². The average molecular weight is 225 g/mol. The number of benzene rings is 1. The molecule has 90 valence electrons. The lowest BCUT2D eigenvalue weighted by atomic mass is 10.3. The molecule has 0 spiro atoms. The van der Waals surface area contributed by atoms with Crippen LogP contribution in [0.25, 0.3) is 0 Å². The normalized spacial score (nSPS) is 12.2. The van der Waals surface area contributed by atoms with Crippen molar-refractivity contribution in [2.45, 2.75) is 13.0 Å². The second kappa shape index (κ2) is 7.09. The molecule has 0 aliphatic heterocycles. The lowest BCUT2D eigenvalue weighted by Gasteiger charge is -2.14. The van der Waals surface area contributed by atoms with E-state index in [0.29, 0.717) is 24.7 Å². The van der Waals surface area contributed by atoms with Crippen molar-refractivity contribution in [1.82, 2.24) is 5.32 Å². The lowest BCUT2D eigenvalue weighted by Crippen LogP contribution is -2.29. The summed E-state index contributed by atoms with van der Waals surface area (Å²) in [6.07, 6.45) is -0.514. The Labute approximate surface area is 96.2 Å². The predicted molar refractivity (Wildman–Crippen MR) is 63.0 cm³/mol. The van der Waals surface area contributed by atoms with Gasteiger partial charge in [0.25, 0.3) is 0 Å². The number of likely N-dealkylation sites (N-methyl/N-ethyl adjacent to an activating group) is 1. The van der Waals surface area contributed by atoms with Crippen molar-refractivity contribution in [3.8, 4) is 11.5 Å². The molecule has 1 aromatic carbocycles. The van der Waals surface area contributed by atoms with Gasteiger partial charge in [0, 0.05) is 6.54 Å². The van der Waals surface area contributed by atoms with Crippen LogP contribution in [0.4, 0.5) is 0 Å². The number of hydrogen-bond acceptors (Lipinski definition) is 4. The first-order valence-electron chi connectivity index (χ1n) is 5.45. The summed E-state index contributed by atoms with van der Waals surface area (Å²) in [4.78, 5) is 0. The van der Waals surface area contributed by atoms with Crippen molar-refractivity contribution in [3.05, 3.63) is 24.3 Å². The highest BCUT2D eigenvalue weighted by Crippen LogP contribution is 2.26. The topological polar surface area (TPSA) is 50.7 Å². The largest absolute Gasteiger partial charge is 0.490 e. The summed E-state index contributed by atoms with van der Waals surface area (Å²) in [5.74, 6) is 1.38. The molecule has 1 aromatic rings. The fourth-order valence-electron chi connectivity index (χ4n) is 1.32. The average Bonchev–Trinajstić information content (AvgIpc) is 2.29. The van der Waals surface area contributed by atoms with Crippen LogP contribution >= 0.6 is 0 Å². The molecule has 0 radical (unpaired) electrons. The maximum absolute atomic E-state index is 9.50. The highest BCUT2D eigenvalue weighted by Gasteiger charge is 2.07. The van der Waals surface area contributed by atoms with Gasteiger partial charge in [0.15, 0.2) is 11.5 Å². The minimum atomic E-state index is -0.514. The molecule has 1 atom stereocenters. The highest BCUT2D eigenvalue weighted by molar-refractivity contribution is 5.39. The summed E-state index contributed by atoms with van der Waals surface area (Å²) in [6, 6.07) is 7.45. The van der Waals surface area contributed by atoms with Crippen molar-refractivity contribution in [2.75, 3.05) is 26.8 Å². The first-order chi connectivity index (χ1) is 7.77. The Morgan fingerprint density at radius 3 is 2.44 bits per heavy atom. The predicted octanol–water partition coefficient (Wildman–Crippen LogP) is 1.04. The van der Waals surface area contributed by atoms with E-state index in [1.54, 1.807) is 7.05 Å². The molecule has 16 heavy (non-hydrogen) atoms. The molecule has 1 rings (SSSR count). The molecule has 2 N–H and O–H groups in total. The second-order valence-corrected chi connectivity index (χ2v) is 3.40. The zero-order valence-electron chi connectivity index (χ0n) is 9.77. The van der Waals surface area contributed by atoms with Gasteiger partial charge in [-0.2, -0.15) is 0 Å². The molecule has 0 saturated carbocycles. The van der Waals surface area contributed by atoms with Crippen molar-refractivity contribution in [2.24, 2.45) is 0 Å². The van der Waals surface area contributed by atoms with E-state index in [0.717, 1.165) is 0 Å². The fraction of sp³-hybridized carbons (Fsp3) is 0.500. The van der Waals surface area contributed by atoms with E-state index in [4.69, 9.17) is 9.47 Å². The van der Waals surface area contributed by atoms with E-state index in [2.05, 4.69) is 5.32 Å². The number of aliphatic hydroxyl groups excluding tert-OH is 1. The van der Waals surface area contributed by atoms with Crippen molar-refractivity contribution >= 4 is 0 Å². The van der Waals surface area contributed by atoms with Gasteiger partial charge in [-0.1, -0.05) is 12.1 Å². The minimum absolute atomic E-state index is 0.255. The number of hydrogen-bond donors (Lipinski definition) is 2. The molecule has 0 saturated heterocycles. The van der Waals surface area contributed by atoms with E-state index in [1.807, 2.05) is 31.2 Å². The number of aliphatic hydroxyl groups is 1. The summed E-state index contributed by atoms with van der Waals surface area (Å²) >= 11 is 0. The summed E-state index contributed by atoms with van der Waals surface area (Å²) in [5.41, 5.74) is 0. The Morgan fingerprint density at radius 1 is 1.25 bits per heavy atom. The molecule has 0 amide bonds. The fourth-order valence-corrected chi connectivity index (χ4v) is 1.32. The van der Waals surface area contributed by atoms with Gasteiger partial charge < -0.3 is 19.9 Å². The van der Waals surface area contributed by atoms with Crippen molar-refractivity contribution in [1.29, 1.82) is 0 Å². The quantitative estimate of drug-likeness (QED) is 0.728. The summed E-state index contributed by atoms with van der Waals surface area (Å²) in [7, 11) is 1.79. The monoisotopic (exact) mass is 225 g/mol. The molecule has 0 heterocycles. The minimum Gasteiger partial charge on any atom is -0.490 e. The van der Waals surface area contributed by atoms with Crippen LogP contribution in [-0.2, 0) is 0 Å². The number of nitrogens with one attached hydrogen (secondary N) is 1. The van der Waals surface area contributed by atoms with Gasteiger partial charge in [0.1, 0.15) is 12.7 Å². The Balaban J connectivity index is 2.52. The lowest BCUT2D eigenvalue weighted by molar-refractivity contribution is 0.106. The van der Waals surface area contributed by atoms with Crippen LogP contribution in [0.2, 0.25) is 0 Å². The zero-order valence-corrected chi connectivity index (χ0v) is 9.77. The van der Waals surface area contributed by atoms with E-state index in [9.17, 15) is 5.11 Å². The molecule has 0 fully saturated rings. The van der Waals surface area contributed by atoms with Crippen molar-refractivity contribution < 1.29 is 14.6 Å². The molecular formula is C12H19NO3. The van der Waals surface area contributed by atoms with Crippen LogP contribution in [0.3, 0.4) is 0 Å². The van der Waals surface area contributed by atoms with E-state index in [-0.39, 0.29) is 6.61 Å². The maximum atomic E-state index is 9.50. The zero-order chi connectivity index (χ0) is 11.8. The standard InChI is InChI=1S/C12H19NO3/c1-3-15-11-6-4-5-7-12(11)16-9-10(14)8-13-2/h4-7,10,13-14H,3,8-9H2,1-2H3/t10-/m1/s1. The maximum Gasteiger partial charge on any atom is 0.161 e. The SMILES string of the molecule is CCOc1ccccc1OC[C@H](O)CNC. The van der Waals surface area contributed by atoms with Gasteiger partial charge in [-0.15, -0.1) is 0 Å². The van der Waals surface area contributed by atoms with Crippen LogP contribution in [-0.4, -0.2) is 38.0 Å². The highest BCUT2D eigenvalue weighted by atomic mass is 16.5. The third kappa shape index (κ3) is 4.08. The molecule has 0 bridgehead atoms. The Bertz CT molecular complexity index is 304. The van der Waals surface area contributed by atoms with Crippen LogP contribution in [0.5, 0.6) is 11.5 Å². The van der Waals surface area contributed by atoms with E-state index < -0.39 is 6.10 Å². The van der Waals surface area contributed by atoms with Crippen LogP contribution < -0.4 is 14.8 Å². The molecule has 4 heteroatoms. The third-order valence-corrected chi connectivity index (χ3v) is 2.02. The van der Waals surface area contributed by atoms with E-state index >= 15 is 0 Å². The smallest absolute Gasteiger partial charge is 0.161 e. The molecular weight excluding hydrogens is 206 g/mol. The molecule has 0 aromatic heterocycles. The molecule has 0 unspecified atom stereocenters. The molecule has 0 aliphatic carbocycles. The van der Waals surface area contributed by atoms with Gasteiger partial charge in [0.2, 0.25) is 0 Å². The Morgan fingerprint density at radius 2 is 1.88 bits per heavy atom. The van der Waals surface area contributed by atoms with Crippen LogP contribution in [0.1, 0.15) is 6.92 Å². The second-order valence-electron chi connectivity index (χ2n) is 3.40. The summed E-state index contributed by atoms with van der Waals surface area (Å²) in [6.45, 7) is 3.29. The molecule has 4 nitrogen and oxygen atoms in total. The van der Waals surface area contributed by atoms with E-state index in [1.165, 1.54) is 0 Å². The Kier molecular flexibility index (Phi) is 5.67. The molecule has 0 aliphatic rings. The third-order valence-electron chi connectivity index (χ3n) is 2.02. The van der Waals surface area contributed by atoms with Gasteiger partial charge in [-0.3, -0.25) is 0 Å². The Hall–Kier alpha value is -1.26.